The summed E-state index contributed by atoms with van der Waals surface area (Å²) < 4.78 is 12.9. The molecule has 28 heavy (non-hydrogen) atoms. The highest BCUT2D eigenvalue weighted by Crippen LogP contribution is 2.25. The number of benzene rings is 2. The summed E-state index contributed by atoms with van der Waals surface area (Å²) in [5.74, 6) is -0.978. The van der Waals surface area contributed by atoms with Gasteiger partial charge >= 0.3 is 0 Å². The van der Waals surface area contributed by atoms with E-state index in [2.05, 4.69) is 15.6 Å². The molecule has 2 aromatic carbocycles. The first-order chi connectivity index (χ1) is 13.4. The van der Waals surface area contributed by atoms with Crippen LogP contribution in [0.5, 0.6) is 0 Å². The molecule has 3 rings (SSSR count). The smallest absolute Gasteiger partial charge is 0.257 e. The van der Waals surface area contributed by atoms with Crippen LogP contribution in [-0.2, 0) is 11.2 Å². The Kier molecular flexibility index (Phi) is 6.61. The van der Waals surface area contributed by atoms with Crippen LogP contribution in [0.3, 0.4) is 0 Å². The second kappa shape index (κ2) is 9.14. The second-order valence-electron chi connectivity index (χ2n) is 5.78. The van der Waals surface area contributed by atoms with Gasteiger partial charge in [0.2, 0.25) is 5.91 Å². The predicted molar refractivity (Wildman–Crippen MR) is 110 cm³/mol. The summed E-state index contributed by atoms with van der Waals surface area (Å²) in [6.45, 7) is 0. The number of rotatable bonds is 6. The Bertz CT molecular complexity index is 1010. The van der Waals surface area contributed by atoms with Crippen LogP contribution in [-0.4, -0.2) is 16.8 Å². The third kappa shape index (κ3) is 5.51. The molecule has 0 unspecified atom stereocenters. The lowest BCUT2D eigenvalue weighted by Gasteiger charge is -2.05. The van der Waals surface area contributed by atoms with E-state index < -0.39 is 5.82 Å². The molecule has 1 aromatic heterocycles. The maximum Gasteiger partial charge on any atom is 0.257 e. The number of carbonyl (C=O) groups is 2. The van der Waals surface area contributed by atoms with E-state index in [1.165, 1.54) is 35.6 Å². The third-order valence-electron chi connectivity index (χ3n) is 3.69. The topological polar surface area (TPSA) is 71.1 Å². The molecule has 0 aliphatic heterocycles. The van der Waals surface area contributed by atoms with Crippen LogP contribution in [0.1, 0.15) is 22.5 Å². The second-order valence-corrected chi connectivity index (χ2v) is 7.45. The molecule has 0 fully saturated rings. The van der Waals surface area contributed by atoms with Gasteiger partial charge in [0, 0.05) is 23.1 Å². The molecule has 0 aliphatic carbocycles. The van der Waals surface area contributed by atoms with Crippen molar-refractivity contribution >= 4 is 57.2 Å². The molecule has 3 aromatic rings. The summed E-state index contributed by atoms with van der Waals surface area (Å²) in [7, 11) is 0. The van der Waals surface area contributed by atoms with Crippen LogP contribution in [0.25, 0.3) is 0 Å². The minimum absolute atomic E-state index is 0.191. The van der Waals surface area contributed by atoms with Crippen molar-refractivity contribution in [3.05, 3.63) is 75.0 Å². The number of hydrogen-bond acceptors (Lipinski definition) is 4. The fraction of sp³-hybridized carbons (Fsp3) is 0.105. The largest absolute Gasteiger partial charge is 0.326 e. The van der Waals surface area contributed by atoms with Crippen LogP contribution < -0.4 is 10.6 Å². The highest BCUT2D eigenvalue weighted by molar-refractivity contribution is 7.14. The van der Waals surface area contributed by atoms with E-state index in [1.807, 2.05) is 0 Å². The highest BCUT2D eigenvalue weighted by Gasteiger charge is 2.11. The van der Waals surface area contributed by atoms with Crippen LogP contribution in [0.15, 0.2) is 47.8 Å². The summed E-state index contributed by atoms with van der Waals surface area (Å²) in [6.07, 6.45) is 0.630. The van der Waals surface area contributed by atoms with Gasteiger partial charge in [0.25, 0.3) is 5.91 Å². The third-order valence-corrected chi connectivity index (χ3v) is 5.24. The van der Waals surface area contributed by atoms with E-state index in [9.17, 15) is 14.0 Å². The van der Waals surface area contributed by atoms with Crippen LogP contribution in [0.2, 0.25) is 10.0 Å². The van der Waals surface area contributed by atoms with Crippen molar-refractivity contribution in [3.63, 3.8) is 0 Å². The molecule has 0 saturated carbocycles. The molecule has 1 heterocycles. The summed E-state index contributed by atoms with van der Waals surface area (Å²) in [6, 6.07) is 10.1. The average molecular weight is 438 g/mol. The SMILES string of the molecule is O=C(CCc1csc(NC(=O)c2ccc(F)cc2)n1)Nc1ccc(Cl)c(Cl)c1. The fourth-order valence-corrected chi connectivity index (χ4v) is 3.33. The minimum atomic E-state index is -0.410. The quantitative estimate of drug-likeness (QED) is 0.541. The first kappa shape index (κ1) is 20.3. The van der Waals surface area contributed by atoms with Gasteiger partial charge in [0.1, 0.15) is 5.82 Å². The molecular formula is C19H14Cl2FN3O2S. The van der Waals surface area contributed by atoms with Gasteiger partial charge in [0.15, 0.2) is 5.13 Å². The number of nitrogens with zero attached hydrogens (tertiary/aromatic N) is 1. The number of carbonyl (C=O) groups excluding carboxylic acids is 2. The number of thiazole rings is 1. The van der Waals surface area contributed by atoms with Crippen molar-refractivity contribution in [2.45, 2.75) is 12.8 Å². The van der Waals surface area contributed by atoms with E-state index in [0.29, 0.717) is 38.5 Å². The molecule has 2 amide bonds. The molecule has 0 spiro atoms. The van der Waals surface area contributed by atoms with Gasteiger partial charge in [-0.15, -0.1) is 11.3 Å². The van der Waals surface area contributed by atoms with Gasteiger partial charge in [-0.05, 0) is 48.9 Å². The zero-order chi connectivity index (χ0) is 20.1. The molecular weight excluding hydrogens is 424 g/mol. The van der Waals surface area contributed by atoms with Crippen molar-refractivity contribution < 1.29 is 14.0 Å². The molecule has 0 bridgehead atoms. The van der Waals surface area contributed by atoms with Gasteiger partial charge in [-0.3, -0.25) is 14.9 Å². The minimum Gasteiger partial charge on any atom is -0.326 e. The number of nitrogens with one attached hydrogen (secondary N) is 2. The van der Waals surface area contributed by atoms with Gasteiger partial charge in [0.05, 0.1) is 15.7 Å². The van der Waals surface area contributed by atoms with Crippen LogP contribution >= 0.6 is 34.5 Å². The fourth-order valence-electron chi connectivity index (χ4n) is 2.29. The Hall–Kier alpha value is -2.48. The summed E-state index contributed by atoms with van der Waals surface area (Å²) in [5.41, 5.74) is 1.58. The lowest BCUT2D eigenvalue weighted by Crippen LogP contribution is -2.13. The summed E-state index contributed by atoms with van der Waals surface area (Å²) >= 11 is 13.0. The van der Waals surface area contributed by atoms with E-state index in [1.54, 1.807) is 23.6 Å². The monoisotopic (exact) mass is 437 g/mol. The Morgan fingerprint density at radius 3 is 2.50 bits per heavy atom. The van der Waals surface area contributed by atoms with Crippen molar-refractivity contribution in [3.8, 4) is 0 Å². The Morgan fingerprint density at radius 1 is 1.04 bits per heavy atom. The van der Waals surface area contributed by atoms with Crippen molar-refractivity contribution in [1.29, 1.82) is 0 Å². The Labute approximate surface area is 174 Å². The molecule has 0 radical (unpaired) electrons. The van der Waals surface area contributed by atoms with Gasteiger partial charge in [-0.25, -0.2) is 9.37 Å². The molecule has 0 atom stereocenters. The van der Waals surface area contributed by atoms with E-state index in [0.717, 1.165) is 0 Å². The highest BCUT2D eigenvalue weighted by atomic mass is 35.5. The number of aromatic nitrogens is 1. The normalized spacial score (nSPS) is 10.5. The molecule has 0 aliphatic rings. The molecule has 144 valence electrons. The number of anilines is 2. The van der Waals surface area contributed by atoms with Gasteiger partial charge in [-0.2, -0.15) is 0 Å². The number of aryl methyl sites for hydroxylation is 1. The standard InChI is InChI=1S/C19H14Cl2FN3O2S/c20-15-7-5-13(9-16(15)21)23-17(26)8-6-14-10-28-19(24-14)25-18(27)11-1-3-12(22)4-2-11/h1-5,7,9-10H,6,8H2,(H,23,26)(H,24,25,27). The Balaban J connectivity index is 1.51. The zero-order valence-electron chi connectivity index (χ0n) is 14.3. The predicted octanol–water partition coefficient (Wildman–Crippen LogP) is 5.41. The Morgan fingerprint density at radius 2 is 1.79 bits per heavy atom. The van der Waals surface area contributed by atoms with Crippen molar-refractivity contribution in [2.75, 3.05) is 10.6 Å². The molecule has 5 nitrogen and oxygen atoms in total. The van der Waals surface area contributed by atoms with Gasteiger partial charge < -0.3 is 5.32 Å². The first-order valence-corrected chi connectivity index (χ1v) is 9.80. The zero-order valence-corrected chi connectivity index (χ0v) is 16.7. The van der Waals surface area contributed by atoms with E-state index in [4.69, 9.17) is 23.2 Å². The maximum atomic E-state index is 12.9. The van der Waals surface area contributed by atoms with Gasteiger partial charge in [-0.1, -0.05) is 23.2 Å². The maximum absolute atomic E-state index is 12.9. The van der Waals surface area contributed by atoms with E-state index >= 15 is 0 Å². The molecule has 2 N–H and O–H groups in total. The van der Waals surface area contributed by atoms with Crippen molar-refractivity contribution in [2.24, 2.45) is 0 Å². The first-order valence-electron chi connectivity index (χ1n) is 8.17. The van der Waals surface area contributed by atoms with Crippen molar-refractivity contribution in [1.82, 2.24) is 4.98 Å². The van der Waals surface area contributed by atoms with E-state index in [-0.39, 0.29) is 18.2 Å². The summed E-state index contributed by atoms with van der Waals surface area (Å²) in [4.78, 5) is 28.5. The summed E-state index contributed by atoms with van der Waals surface area (Å²) in [5, 5.41) is 8.35. The molecule has 0 saturated heterocycles. The van der Waals surface area contributed by atoms with Crippen LogP contribution in [0.4, 0.5) is 15.2 Å². The number of amides is 2. The lowest BCUT2D eigenvalue weighted by molar-refractivity contribution is -0.116. The number of halogens is 3. The molecule has 9 heteroatoms. The average Bonchev–Trinajstić information content (AvgIpc) is 3.11. The number of hydrogen-bond donors (Lipinski definition) is 2. The lowest BCUT2D eigenvalue weighted by atomic mass is 10.2. The van der Waals surface area contributed by atoms with Crippen LogP contribution in [0, 0.1) is 5.82 Å².